The maximum atomic E-state index is 13.2. The minimum absolute atomic E-state index is 0.0217. The number of para-hydroxylation sites is 1. The van der Waals surface area contributed by atoms with Crippen LogP contribution in [0.3, 0.4) is 0 Å². The second-order valence-electron chi connectivity index (χ2n) is 7.05. The van der Waals surface area contributed by atoms with E-state index in [1.165, 1.54) is 7.11 Å². The molecule has 0 radical (unpaired) electrons. The third kappa shape index (κ3) is 4.91. The molecular weight excluding hydrogens is 404 g/mol. The molecule has 0 atom stereocenters. The minimum Gasteiger partial charge on any atom is -0.375 e. The molecule has 0 aliphatic carbocycles. The van der Waals surface area contributed by atoms with Crippen LogP contribution >= 0.6 is 0 Å². The molecule has 160 valence electrons. The predicted octanol–water partition coefficient (Wildman–Crippen LogP) is 4.38. The van der Waals surface area contributed by atoms with Gasteiger partial charge in [-0.1, -0.05) is 48.5 Å². The van der Waals surface area contributed by atoms with Crippen LogP contribution in [0.2, 0.25) is 0 Å². The summed E-state index contributed by atoms with van der Waals surface area (Å²) in [5, 5.41) is 10.3. The van der Waals surface area contributed by atoms with Gasteiger partial charge in [-0.3, -0.25) is 9.59 Å². The number of benzene rings is 3. The fourth-order valence-electron chi connectivity index (χ4n) is 3.23. The molecule has 2 N–H and O–H groups in total. The number of carbonyl (C=O) groups excluding carboxylic acids is 2. The first-order valence-electron chi connectivity index (χ1n) is 10.0. The smallest absolute Gasteiger partial charge is 0.259 e. The van der Waals surface area contributed by atoms with Crippen LogP contribution < -0.4 is 10.6 Å². The van der Waals surface area contributed by atoms with Gasteiger partial charge in [-0.2, -0.15) is 5.10 Å². The van der Waals surface area contributed by atoms with Crippen LogP contribution in [0.1, 0.15) is 10.4 Å². The number of nitrogens with zero attached hydrogens (tertiary/aromatic N) is 2. The summed E-state index contributed by atoms with van der Waals surface area (Å²) in [5.41, 5.74) is 3.98. The van der Waals surface area contributed by atoms with Gasteiger partial charge in [0.2, 0.25) is 5.91 Å². The summed E-state index contributed by atoms with van der Waals surface area (Å²) in [6, 6.07) is 26.1. The van der Waals surface area contributed by atoms with Crippen molar-refractivity contribution in [1.29, 1.82) is 0 Å². The predicted molar refractivity (Wildman–Crippen MR) is 124 cm³/mol. The number of carbonyl (C=O) groups is 2. The number of aromatic nitrogens is 2. The standard InChI is InChI=1S/C25H22N4O3/c1-32-17-23(30)26-19-12-14-20(15-13-19)27-25(31)22-16-29(21-10-6-3-7-11-21)28-24(22)18-8-4-2-5-9-18/h2-16H,17H2,1H3,(H,26,30)(H,27,31). The van der Waals surface area contributed by atoms with Crippen LogP contribution in [0, 0.1) is 0 Å². The van der Waals surface area contributed by atoms with E-state index in [1.807, 2.05) is 60.7 Å². The fraction of sp³-hybridized carbons (Fsp3) is 0.0800. The Labute approximate surface area is 185 Å². The van der Waals surface area contributed by atoms with Gasteiger partial charge in [0.1, 0.15) is 12.3 Å². The largest absolute Gasteiger partial charge is 0.375 e. The molecule has 2 amide bonds. The Morgan fingerprint density at radius 2 is 1.44 bits per heavy atom. The summed E-state index contributed by atoms with van der Waals surface area (Å²) < 4.78 is 6.51. The number of amides is 2. The Bertz CT molecular complexity index is 1200. The van der Waals surface area contributed by atoms with Gasteiger partial charge in [-0.25, -0.2) is 4.68 Å². The van der Waals surface area contributed by atoms with Crippen LogP contribution in [0.25, 0.3) is 16.9 Å². The molecule has 4 aromatic rings. The summed E-state index contributed by atoms with van der Waals surface area (Å²) in [7, 11) is 1.46. The molecule has 0 aliphatic rings. The van der Waals surface area contributed by atoms with Crippen molar-refractivity contribution in [1.82, 2.24) is 9.78 Å². The quantitative estimate of drug-likeness (QED) is 0.459. The number of hydrogen-bond acceptors (Lipinski definition) is 4. The van der Waals surface area contributed by atoms with Crippen molar-refractivity contribution in [3.8, 4) is 16.9 Å². The van der Waals surface area contributed by atoms with Gasteiger partial charge in [0.25, 0.3) is 5.91 Å². The van der Waals surface area contributed by atoms with Gasteiger partial charge in [-0.05, 0) is 36.4 Å². The second-order valence-corrected chi connectivity index (χ2v) is 7.05. The lowest BCUT2D eigenvalue weighted by Crippen LogP contribution is -2.17. The number of rotatable bonds is 7. The van der Waals surface area contributed by atoms with Gasteiger partial charge in [0.15, 0.2) is 0 Å². The lowest BCUT2D eigenvalue weighted by Gasteiger charge is -2.08. The van der Waals surface area contributed by atoms with E-state index in [0.717, 1.165) is 11.3 Å². The monoisotopic (exact) mass is 426 g/mol. The average molecular weight is 426 g/mol. The van der Waals surface area contributed by atoms with E-state index in [0.29, 0.717) is 22.6 Å². The molecule has 0 saturated carbocycles. The lowest BCUT2D eigenvalue weighted by molar-refractivity contribution is -0.119. The Morgan fingerprint density at radius 3 is 2.06 bits per heavy atom. The highest BCUT2D eigenvalue weighted by molar-refractivity contribution is 6.08. The molecule has 0 aliphatic heterocycles. The van der Waals surface area contributed by atoms with Gasteiger partial charge in [-0.15, -0.1) is 0 Å². The number of ether oxygens (including phenoxy) is 1. The van der Waals surface area contributed by atoms with Crippen molar-refractivity contribution in [2.45, 2.75) is 0 Å². The van der Waals surface area contributed by atoms with E-state index < -0.39 is 0 Å². The van der Waals surface area contributed by atoms with E-state index in [-0.39, 0.29) is 18.4 Å². The van der Waals surface area contributed by atoms with E-state index in [1.54, 1.807) is 35.1 Å². The van der Waals surface area contributed by atoms with Crippen molar-refractivity contribution >= 4 is 23.2 Å². The van der Waals surface area contributed by atoms with E-state index >= 15 is 0 Å². The summed E-state index contributed by atoms with van der Waals surface area (Å²) in [6.45, 7) is -0.0217. The third-order valence-electron chi connectivity index (χ3n) is 4.73. The molecular formula is C25H22N4O3. The molecule has 7 nitrogen and oxygen atoms in total. The van der Waals surface area contributed by atoms with Crippen LogP contribution in [0.4, 0.5) is 11.4 Å². The minimum atomic E-state index is -0.276. The fourth-order valence-corrected chi connectivity index (χ4v) is 3.23. The molecule has 4 rings (SSSR count). The van der Waals surface area contributed by atoms with E-state index in [2.05, 4.69) is 15.7 Å². The zero-order valence-electron chi connectivity index (χ0n) is 17.5. The molecule has 0 bridgehead atoms. The molecule has 1 heterocycles. The van der Waals surface area contributed by atoms with Crippen molar-refractivity contribution < 1.29 is 14.3 Å². The summed E-state index contributed by atoms with van der Waals surface area (Å²) >= 11 is 0. The first-order chi connectivity index (χ1) is 15.6. The van der Waals surface area contributed by atoms with Crippen molar-refractivity contribution in [3.63, 3.8) is 0 Å². The van der Waals surface area contributed by atoms with Gasteiger partial charge < -0.3 is 15.4 Å². The molecule has 0 saturated heterocycles. The SMILES string of the molecule is COCC(=O)Nc1ccc(NC(=O)c2cn(-c3ccccc3)nc2-c2ccccc2)cc1. The van der Waals surface area contributed by atoms with Crippen LogP contribution in [-0.4, -0.2) is 35.3 Å². The Balaban J connectivity index is 1.59. The molecule has 1 aromatic heterocycles. The summed E-state index contributed by atoms with van der Waals surface area (Å²) in [4.78, 5) is 24.8. The zero-order chi connectivity index (χ0) is 22.3. The van der Waals surface area contributed by atoms with Gasteiger partial charge >= 0.3 is 0 Å². The lowest BCUT2D eigenvalue weighted by atomic mass is 10.1. The summed E-state index contributed by atoms with van der Waals surface area (Å²) in [5.74, 6) is -0.521. The first kappa shape index (κ1) is 21.0. The van der Waals surface area contributed by atoms with E-state index in [4.69, 9.17) is 4.74 Å². The van der Waals surface area contributed by atoms with Gasteiger partial charge in [0, 0.05) is 30.2 Å². The van der Waals surface area contributed by atoms with E-state index in [9.17, 15) is 9.59 Å². The van der Waals surface area contributed by atoms with Gasteiger partial charge in [0.05, 0.1) is 11.3 Å². The third-order valence-corrected chi connectivity index (χ3v) is 4.73. The molecule has 3 aromatic carbocycles. The maximum Gasteiger partial charge on any atom is 0.259 e. The van der Waals surface area contributed by atoms with Crippen LogP contribution in [-0.2, 0) is 9.53 Å². The molecule has 0 unspecified atom stereocenters. The van der Waals surface area contributed by atoms with Crippen molar-refractivity contribution in [3.05, 3.63) is 96.7 Å². The number of methoxy groups -OCH3 is 1. The topological polar surface area (TPSA) is 85.3 Å². The highest BCUT2D eigenvalue weighted by Crippen LogP contribution is 2.25. The maximum absolute atomic E-state index is 13.2. The van der Waals surface area contributed by atoms with Crippen LogP contribution in [0.15, 0.2) is 91.1 Å². The number of nitrogens with one attached hydrogen (secondary N) is 2. The average Bonchev–Trinajstić information content (AvgIpc) is 3.27. The molecule has 0 fully saturated rings. The summed E-state index contributed by atoms with van der Waals surface area (Å²) in [6.07, 6.45) is 1.73. The Hall–Kier alpha value is -4.23. The number of anilines is 2. The highest BCUT2D eigenvalue weighted by atomic mass is 16.5. The van der Waals surface area contributed by atoms with Crippen molar-refractivity contribution in [2.75, 3.05) is 24.4 Å². The molecule has 0 spiro atoms. The zero-order valence-corrected chi connectivity index (χ0v) is 17.5. The first-order valence-corrected chi connectivity index (χ1v) is 10.0. The Kier molecular flexibility index (Phi) is 6.38. The molecule has 32 heavy (non-hydrogen) atoms. The molecule has 7 heteroatoms. The normalized spacial score (nSPS) is 10.5. The van der Waals surface area contributed by atoms with Crippen molar-refractivity contribution in [2.24, 2.45) is 0 Å². The number of hydrogen-bond donors (Lipinski definition) is 2. The second kappa shape index (κ2) is 9.72. The highest BCUT2D eigenvalue weighted by Gasteiger charge is 2.19. The van der Waals surface area contributed by atoms with Crippen LogP contribution in [0.5, 0.6) is 0 Å². The Morgan fingerprint density at radius 1 is 0.844 bits per heavy atom.